The fourth-order valence-electron chi connectivity index (χ4n) is 1.62. The van der Waals surface area contributed by atoms with Gasteiger partial charge < -0.3 is 5.73 Å². The molecule has 0 fully saturated rings. The van der Waals surface area contributed by atoms with Crippen LogP contribution in [0.3, 0.4) is 0 Å². The molecule has 0 spiro atoms. The molecule has 0 atom stereocenters. The van der Waals surface area contributed by atoms with Crippen molar-refractivity contribution in [1.29, 1.82) is 0 Å². The molecule has 1 heterocycles. The first kappa shape index (κ1) is 12.9. The standard InChI is InChI=1S/C13H8BrFN2S2/c14-7-5-9(16)12(6-8(7)15)19-13-17-10-3-1-2-4-11(10)18-13/h1-6H,16H2. The lowest BCUT2D eigenvalue weighted by Crippen LogP contribution is -1.90. The Morgan fingerprint density at radius 2 is 2.05 bits per heavy atom. The quantitative estimate of drug-likeness (QED) is 0.663. The second-order valence-electron chi connectivity index (χ2n) is 3.85. The molecule has 1 aromatic heterocycles. The summed E-state index contributed by atoms with van der Waals surface area (Å²) in [6.45, 7) is 0. The molecule has 96 valence electrons. The lowest BCUT2D eigenvalue weighted by molar-refractivity contribution is 0.618. The van der Waals surface area contributed by atoms with Gasteiger partial charge in [-0.15, -0.1) is 11.3 Å². The minimum Gasteiger partial charge on any atom is -0.398 e. The van der Waals surface area contributed by atoms with Crippen molar-refractivity contribution in [3.63, 3.8) is 0 Å². The number of rotatable bonds is 2. The van der Waals surface area contributed by atoms with Gasteiger partial charge in [-0.25, -0.2) is 9.37 Å². The summed E-state index contributed by atoms with van der Waals surface area (Å²) in [4.78, 5) is 5.17. The lowest BCUT2D eigenvalue weighted by atomic mass is 10.3. The van der Waals surface area contributed by atoms with Crippen LogP contribution in [0.5, 0.6) is 0 Å². The molecule has 0 radical (unpaired) electrons. The monoisotopic (exact) mass is 354 g/mol. The number of para-hydroxylation sites is 1. The van der Waals surface area contributed by atoms with Gasteiger partial charge in [-0.05, 0) is 40.2 Å². The molecule has 0 aliphatic rings. The molecule has 6 heteroatoms. The van der Waals surface area contributed by atoms with Gasteiger partial charge in [0.1, 0.15) is 5.82 Å². The Morgan fingerprint density at radius 3 is 2.84 bits per heavy atom. The molecule has 2 N–H and O–H groups in total. The van der Waals surface area contributed by atoms with Gasteiger partial charge in [0.2, 0.25) is 0 Å². The summed E-state index contributed by atoms with van der Waals surface area (Å²) in [6.07, 6.45) is 0. The average Bonchev–Trinajstić information content (AvgIpc) is 2.78. The van der Waals surface area contributed by atoms with Crippen LogP contribution in [0.4, 0.5) is 10.1 Å². The van der Waals surface area contributed by atoms with E-state index in [0.717, 1.165) is 14.6 Å². The third-order valence-electron chi connectivity index (χ3n) is 2.52. The van der Waals surface area contributed by atoms with Crippen LogP contribution in [0.2, 0.25) is 0 Å². The molecule has 0 unspecified atom stereocenters. The molecule has 3 aromatic rings. The van der Waals surface area contributed by atoms with Crippen molar-refractivity contribution < 1.29 is 4.39 Å². The zero-order valence-corrected chi connectivity index (χ0v) is 12.8. The molecule has 19 heavy (non-hydrogen) atoms. The number of benzene rings is 2. The summed E-state index contributed by atoms with van der Waals surface area (Å²) >= 11 is 6.07. The Hall–Kier alpha value is -1.11. The largest absolute Gasteiger partial charge is 0.398 e. The van der Waals surface area contributed by atoms with Crippen LogP contribution in [0.25, 0.3) is 10.2 Å². The predicted octanol–water partition coefficient (Wildman–Crippen LogP) is 4.93. The SMILES string of the molecule is Nc1cc(Br)c(F)cc1Sc1nc2ccccc2s1. The number of thiazole rings is 1. The van der Waals surface area contributed by atoms with E-state index in [-0.39, 0.29) is 5.82 Å². The van der Waals surface area contributed by atoms with Crippen molar-refractivity contribution in [2.45, 2.75) is 9.24 Å². The smallest absolute Gasteiger partial charge is 0.155 e. The molecule has 0 saturated carbocycles. The maximum atomic E-state index is 13.5. The first-order valence-corrected chi connectivity index (χ1v) is 7.84. The highest BCUT2D eigenvalue weighted by Gasteiger charge is 2.10. The highest BCUT2D eigenvalue weighted by molar-refractivity contribution is 9.10. The van der Waals surface area contributed by atoms with E-state index < -0.39 is 0 Å². The van der Waals surface area contributed by atoms with Crippen molar-refractivity contribution in [3.8, 4) is 0 Å². The Bertz CT molecular complexity index is 724. The number of nitrogen functional groups attached to an aromatic ring is 1. The van der Waals surface area contributed by atoms with E-state index in [1.165, 1.54) is 17.8 Å². The van der Waals surface area contributed by atoms with E-state index in [0.29, 0.717) is 15.1 Å². The van der Waals surface area contributed by atoms with Gasteiger partial charge >= 0.3 is 0 Å². The molecule has 2 nitrogen and oxygen atoms in total. The van der Waals surface area contributed by atoms with Crippen molar-refractivity contribution in [3.05, 3.63) is 46.7 Å². The normalized spacial score (nSPS) is 11.1. The van der Waals surface area contributed by atoms with Crippen molar-refractivity contribution >= 4 is 54.9 Å². The predicted molar refractivity (Wildman–Crippen MR) is 82.3 cm³/mol. The highest BCUT2D eigenvalue weighted by atomic mass is 79.9. The Kier molecular flexibility index (Phi) is 3.47. The van der Waals surface area contributed by atoms with Crippen LogP contribution in [-0.2, 0) is 0 Å². The van der Waals surface area contributed by atoms with Gasteiger partial charge in [0.05, 0.1) is 14.7 Å². The topological polar surface area (TPSA) is 38.9 Å². The first-order valence-electron chi connectivity index (χ1n) is 5.41. The lowest BCUT2D eigenvalue weighted by Gasteiger charge is -2.04. The minimum absolute atomic E-state index is 0.321. The van der Waals surface area contributed by atoms with Gasteiger partial charge in [0.25, 0.3) is 0 Å². The van der Waals surface area contributed by atoms with E-state index in [1.54, 1.807) is 17.4 Å². The average molecular weight is 355 g/mol. The maximum Gasteiger partial charge on any atom is 0.155 e. The van der Waals surface area contributed by atoms with Gasteiger partial charge in [-0.2, -0.15) is 0 Å². The van der Waals surface area contributed by atoms with E-state index >= 15 is 0 Å². The van der Waals surface area contributed by atoms with Gasteiger partial charge in [0, 0.05) is 10.6 Å². The Balaban J connectivity index is 1.98. The van der Waals surface area contributed by atoms with Gasteiger partial charge in [0.15, 0.2) is 4.34 Å². The van der Waals surface area contributed by atoms with Crippen molar-refractivity contribution in [1.82, 2.24) is 4.98 Å². The highest BCUT2D eigenvalue weighted by Crippen LogP contribution is 2.38. The summed E-state index contributed by atoms with van der Waals surface area (Å²) in [7, 11) is 0. The molecule has 3 rings (SSSR count). The van der Waals surface area contributed by atoms with Crippen molar-refractivity contribution in [2.24, 2.45) is 0 Å². The first-order chi connectivity index (χ1) is 9.13. The summed E-state index contributed by atoms with van der Waals surface area (Å²) in [5.41, 5.74) is 7.38. The number of hydrogen-bond acceptors (Lipinski definition) is 4. The minimum atomic E-state index is -0.321. The van der Waals surface area contributed by atoms with Crippen LogP contribution in [0.1, 0.15) is 0 Å². The fourth-order valence-corrected chi connectivity index (χ4v) is 4.06. The third-order valence-corrected chi connectivity index (χ3v) is 5.30. The fraction of sp³-hybridized carbons (Fsp3) is 0. The van der Waals surface area contributed by atoms with Gasteiger partial charge in [-0.1, -0.05) is 23.9 Å². The van der Waals surface area contributed by atoms with Crippen LogP contribution >= 0.6 is 39.0 Å². The van der Waals surface area contributed by atoms with Crippen LogP contribution < -0.4 is 5.73 Å². The zero-order chi connectivity index (χ0) is 13.4. The number of nitrogens with zero attached hydrogens (tertiary/aromatic N) is 1. The van der Waals surface area contributed by atoms with Crippen LogP contribution in [0.15, 0.2) is 50.1 Å². The second kappa shape index (κ2) is 5.11. The van der Waals surface area contributed by atoms with Crippen LogP contribution in [-0.4, -0.2) is 4.98 Å². The number of hydrogen-bond donors (Lipinski definition) is 1. The molecule has 0 aliphatic heterocycles. The number of halogens is 2. The van der Waals surface area contributed by atoms with E-state index in [4.69, 9.17) is 5.73 Å². The van der Waals surface area contributed by atoms with E-state index in [2.05, 4.69) is 20.9 Å². The molecule has 0 amide bonds. The third kappa shape index (κ3) is 2.61. The number of aromatic nitrogens is 1. The zero-order valence-electron chi connectivity index (χ0n) is 9.56. The number of anilines is 1. The molecule has 2 aromatic carbocycles. The number of fused-ring (bicyclic) bond motifs is 1. The Labute approximate surface area is 126 Å². The van der Waals surface area contributed by atoms with Crippen LogP contribution in [0, 0.1) is 5.82 Å². The molecule has 0 saturated heterocycles. The summed E-state index contributed by atoms with van der Waals surface area (Å²) in [5, 5.41) is 0. The molecule has 0 aliphatic carbocycles. The van der Waals surface area contributed by atoms with E-state index in [1.807, 2.05) is 24.3 Å². The molecular weight excluding hydrogens is 347 g/mol. The molecular formula is C13H8BrFN2S2. The summed E-state index contributed by atoms with van der Waals surface area (Å²) < 4.78 is 15.9. The molecule has 0 bridgehead atoms. The maximum absolute atomic E-state index is 13.5. The van der Waals surface area contributed by atoms with Gasteiger partial charge in [-0.3, -0.25) is 0 Å². The number of nitrogens with two attached hydrogens (primary N) is 1. The summed E-state index contributed by atoms with van der Waals surface area (Å²) in [6, 6.07) is 10.9. The van der Waals surface area contributed by atoms with Crippen molar-refractivity contribution in [2.75, 3.05) is 5.73 Å². The summed E-state index contributed by atoms with van der Waals surface area (Å²) in [5.74, 6) is -0.321. The second-order valence-corrected chi connectivity index (χ2v) is 7.03. The van der Waals surface area contributed by atoms with E-state index in [9.17, 15) is 4.39 Å². The Morgan fingerprint density at radius 1 is 1.26 bits per heavy atom.